The molecule has 3 aliphatic rings. The average molecular weight is 166 g/mol. The van der Waals surface area contributed by atoms with Crippen molar-refractivity contribution in [3.05, 3.63) is 0 Å². The van der Waals surface area contributed by atoms with Crippen molar-refractivity contribution in [2.75, 3.05) is 6.54 Å². The highest BCUT2D eigenvalue weighted by Crippen LogP contribution is 2.65. The van der Waals surface area contributed by atoms with Crippen molar-refractivity contribution < 1.29 is 5.73 Å². The van der Waals surface area contributed by atoms with Crippen molar-refractivity contribution in [3.63, 3.8) is 0 Å². The Morgan fingerprint density at radius 1 is 1.25 bits per heavy atom. The molecule has 4 atom stereocenters. The van der Waals surface area contributed by atoms with Crippen LogP contribution in [0.15, 0.2) is 0 Å². The Bertz CT molecular complexity index is 201. The van der Waals surface area contributed by atoms with E-state index in [1.807, 2.05) is 0 Å². The summed E-state index contributed by atoms with van der Waals surface area (Å²) in [5.41, 5.74) is 4.97. The van der Waals surface area contributed by atoms with Crippen molar-refractivity contribution in [2.45, 2.75) is 38.5 Å². The summed E-state index contributed by atoms with van der Waals surface area (Å²) in [5, 5.41) is 0. The van der Waals surface area contributed by atoms with Crippen molar-refractivity contribution in [3.8, 4) is 0 Å². The van der Waals surface area contributed by atoms with E-state index >= 15 is 0 Å². The van der Waals surface area contributed by atoms with Gasteiger partial charge in [0.1, 0.15) is 0 Å². The topological polar surface area (TPSA) is 27.6 Å². The van der Waals surface area contributed by atoms with E-state index in [0.717, 1.165) is 23.2 Å². The van der Waals surface area contributed by atoms with E-state index in [0.29, 0.717) is 0 Å². The van der Waals surface area contributed by atoms with Crippen LogP contribution in [0.2, 0.25) is 0 Å². The number of hydrogen-bond donors (Lipinski definition) is 1. The molecule has 3 aliphatic carbocycles. The fraction of sp³-hybridized carbons (Fsp3) is 1.00. The quantitative estimate of drug-likeness (QED) is 0.610. The standard InChI is InChI=1S/C11H19N/c12-7-11-5-1-2-10(11)8-3-4-9(11)6-8/h8-10H,1-7,12H2/p+1/t8-,9+,10-,11+/m0/s1. The smallest absolute Gasteiger partial charge is 0.0802 e. The first-order chi connectivity index (χ1) is 5.87. The van der Waals surface area contributed by atoms with Crippen LogP contribution in [0.1, 0.15) is 38.5 Å². The molecule has 3 rings (SSSR count). The Hall–Kier alpha value is -0.0400. The summed E-state index contributed by atoms with van der Waals surface area (Å²) in [6.07, 6.45) is 9.22. The lowest BCUT2D eigenvalue weighted by molar-refractivity contribution is -0.399. The monoisotopic (exact) mass is 166 g/mol. The van der Waals surface area contributed by atoms with Crippen LogP contribution in [0.4, 0.5) is 0 Å². The molecule has 0 aromatic rings. The molecule has 3 N–H and O–H groups in total. The molecule has 1 nitrogen and oxygen atoms in total. The van der Waals surface area contributed by atoms with E-state index in [-0.39, 0.29) is 0 Å². The third-order valence-electron chi connectivity index (χ3n) is 5.22. The summed E-state index contributed by atoms with van der Waals surface area (Å²) in [6, 6.07) is 0. The Labute approximate surface area is 74.7 Å². The molecule has 2 bridgehead atoms. The van der Waals surface area contributed by atoms with E-state index in [4.69, 9.17) is 0 Å². The summed E-state index contributed by atoms with van der Waals surface area (Å²) in [6.45, 7) is 1.23. The average Bonchev–Trinajstić information content (AvgIpc) is 2.76. The van der Waals surface area contributed by atoms with Gasteiger partial charge in [-0.15, -0.1) is 0 Å². The molecule has 0 aromatic carbocycles. The van der Waals surface area contributed by atoms with Crippen molar-refractivity contribution in [1.29, 1.82) is 0 Å². The van der Waals surface area contributed by atoms with Crippen LogP contribution in [-0.4, -0.2) is 6.54 Å². The van der Waals surface area contributed by atoms with E-state index in [9.17, 15) is 0 Å². The minimum atomic E-state index is 0.753. The molecule has 0 aliphatic heterocycles. The van der Waals surface area contributed by atoms with E-state index in [2.05, 4.69) is 5.73 Å². The Morgan fingerprint density at radius 2 is 2.17 bits per heavy atom. The molecule has 1 heteroatoms. The summed E-state index contributed by atoms with van der Waals surface area (Å²) in [4.78, 5) is 0. The molecule has 0 heterocycles. The van der Waals surface area contributed by atoms with Gasteiger partial charge in [0, 0.05) is 5.41 Å². The largest absolute Gasteiger partial charge is 0.357 e. The summed E-state index contributed by atoms with van der Waals surface area (Å²) >= 11 is 0. The normalized spacial score (nSPS) is 56.2. The van der Waals surface area contributed by atoms with Crippen molar-refractivity contribution in [2.24, 2.45) is 23.2 Å². The van der Waals surface area contributed by atoms with Gasteiger partial charge in [0.15, 0.2) is 0 Å². The van der Waals surface area contributed by atoms with Gasteiger partial charge in [0.2, 0.25) is 0 Å². The second kappa shape index (κ2) is 2.25. The van der Waals surface area contributed by atoms with E-state index < -0.39 is 0 Å². The van der Waals surface area contributed by atoms with Crippen molar-refractivity contribution in [1.82, 2.24) is 0 Å². The van der Waals surface area contributed by atoms with Gasteiger partial charge in [-0.2, -0.15) is 0 Å². The highest BCUT2D eigenvalue weighted by Gasteiger charge is 2.59. The molecule has 12 heavy (non-hydrogen) atoms. The third-order valence-corrected chi connectivity index (χ3v) is 5.22. The molecular formula is C11H20N+. The highest BCUT2D eigenvalue weighted by atomic mass is 14.7. The lowest BCUT2D eigenvalue weighted by Gasteiger charge is -2.36. The highest BCUT2D eigenvalue weighted by molar-refractivity contribution is 5.08. The lowest BCUT2D eigenvalue weighted by atomic mass is 9.68. The number of rotatable bonds is 1. The maximum atomic E-state index is 4.22. The van der Waals surface area contributed by atoms with Gasteiger partial charge in [-0.1, -0.05) is 6.42 Å². The predicted octanol–water partition coefficient (Wildman–Crippen LogP) is 1.44. The van der Waals surface area contributed by atoms with Gasteiger partial charge in [-0.25, -0.2) is 0 Å². The molecular weight excluding hydrogens is 146 g/mol. The molecule has 0 unspecified atom stereocenters. The van der Waals surface area contributed by atoms with Crippen LogP contribution in [-0.2, 0) is 0 Å². The van der Waals surface area contributed by atoms with Crippen LogP contribution < -0.4 is 5.73 Å². The molecule has 3 saturated carbocycles. The van der Waals surface area contributed by atoms with Gasteiger partial charge in [0.25, 0.3) is 0 Å². The molecule has 0 aromatic heterocycles. The molecule has 68 valence electrons. The van der Waals surface area contributed by atoms with Crippen LogP contribution >= 0.6 is 0 Å². The second-order valence-corrected chi connectivity index (χ2v) is 5.25. The van der Waals surface area contributed by atoms with Crippen LogP contribution in [0.5, 0.6) is 0 Å². The summed E-state index contributed by atoms with van der Waals surface area (Å²) in [5.74, 6) is 3.32. The maximum absolute atomic E-state index is 4.22. The molecule has 0 spiro atoms. The van der Waals surface area contributed by atoms with Gasteiger partial charge < -0.3 is 5.73 Å². The zero-order valence-electron chi connectivity index (χ0n) is 7.89. The van der Waals surface area contributed by atoms with E-state index in [1.54, 1.807) is 12.8 Å². The number of hydrogen-bond acceptors (Lipinski definition) is 0. The minimum Gasteiger partial charge on any atom is -0.357 e. The second-order valence-electron chi connectivity index (χ2n) is 5.25. The van der Waals surface area contributed by atoms with Gasteiger partial charge in [-0.3, -0.25) is 0 Å². The lowest BCUT2D eigenvalue weighted by Crippen LogP contribution is -2.60. The molecule has 0 saturated heterocycles. The van der Waals surface area contributed by atoms with Gasteiger partial charge in [0.05, 0.1) is 6.54 Å². The Balaban J connectivity index is 1.98. The first-order valence-corrected chi connectivity index (χ1v) is 5.66. The zero-order chi connectivity index (χ0) is 8.18. The Kier molecular flexibility index (Phi) is 1.39. The first-order valence-electron chi connectivity index (χ1n) is 5.66. The zero-order valence-corrected chi connectivity index (χ0v) is 7.89. The number of quaternary nitrogens is 1. The predicted molar refractivity (Wildman–Crippen MR) is 48.4 cm³/mol. The SMILES string of the molecule is [NH3+]C[C@@]12CCC[C@H]1[C@H]1CC[C@@H]2C1. The van der Waals surface area contributed by atoms with Gasteiger partial charge in [-0.05, 0) is 49.9 Å². The first kappa shape index (κ1) is 7.37. The summed E-state index contributed by atoms with van der Waals surface area (Å²) in [7, 11) is 0. The fourth-order valence-corrected chi connectivity index (χ4v) is 4.75. The van der Waals surface area contributed by atoms with E-state index in [1.165, 1.54) is 32.2 Å². The molecule has 0 radical (unpaired) electrons. The number of fused-ring (bicyclic) bond motifs is 5. The van der Waals surface area contributed by atoms with Crippen LogP contribution in [0.25, 0.3) is 0 Å². The molecule has 3 fully saturated rings. The van der Waals surface area contributed by atoms with Gasteiger partial charge >= 0.3 is 0 Å². The van der Waals surface area contributed by atoms with Crippen LogP contribution in [0.3, 0.4) is 0 Å². The third kappa shape index (κ3) is 0.654. The fourth-order valence-electron chi connectivity index (χ4n) is 4.75. The Morgan fingerprint density at radius 3 is 2.92 bits per heavy atom. The summed E-state index contributed by atoms with van der Waals surface area (Å²) < 4.78 is 0. The van der Waals surface area contributed by atoms with Crippen molar-refractivity contribution >= 4 is 0 Å². The van der Waals surface area contributed by atoms with Crippen LogP contribution in [0, 0.1) is 23.2 Å². The minimum absolute atomic E-state index is 0.753. The maximum Gasteiger partial charge on any atom is 0.0802 e. The molecule has 0 amide bonds.